The van der Waals surface area contributed by atoms with Crippen LogP contribution in [0.25, 0.3) is 0 Å². The van der Waals surface area contributed by atoms with Crippen molar-refractivity contribution in [3.63, 3.8) is 0 Å². The van der Waals surface area contributed by atoms with Crippen molar-refractivity contribution in [2.24, 2.45) is 5.41 Å². The summed E-state index contributed by atoms with van der Waals surface area (Å²) in [5.74, 6) is -0.821. The summed E-state index contributed by atoms with van der Waals surface area (Å²) < 4.78 is 0.896. The molecule has 1 aromatic carbocycles. The van der Waals surface area contributed by atoms with E-state index in [9.17, 15) is 14.7 Å². The van der Waals surface area contributed by atoms with E-state index < -0.39 is 11.4 Å². The number of likely N-dealkylation sites (tertiary alicyclic amines) is 1. The number of urea groups is 1. The highest BCUT2D eigenvalue weighted by molar-refractivity contribution is 9.10. The van der Waals surface area contributed by atoms with Gasteiger partial charge < -0.3 is 15.3 Å². The molecule has 2 N–H and O–H groups in total. The molecule has 1 unspecified atom stereocenters. The Kier molecular flexibility index (Phi) is 4.56. The fourth-order valence-corrected chi connectivity index (χ4v) is 3.28. The second kappa shape index (κ2) is 6.05. The topological polar surface area (TPSA) is 69.6 Å². The zero-order valence-electron chi connectivity index (χ0n) is 12.1. The van der Waals surface area contributed by atoms with Crippen LogP contribution in [0.4, 0.5) is 10.5 Å². The number of hydrogen-bond acceptors (Lipinski definition) is 2. The molecule has 2 amide bonds. The number of aliphatic carboxylic acids is 1. The number of hydrogen-bond donors (Lipinski definition) is 2. The van der Waals surface area contributed by atoms with Crippen LogP contribution in [0.3, 0.4) is 0 Å². The minimum absolute atomic E-state index is 0.246. The van der Waals surface area contributed by atoms with Gasteiger partial charge in [-0.25, -0.2) is 4.79 Å². The van der Waals surface area contributed by atoms with Gasteiger partial charge in [-0.05, 0) is 43.5 Å². The molecule has 114 valence electrons. The lowest BCUT2D eigenvalue weighted by atomic mass is 9.84. The van der Waals surface area contributed by atoms with Crippen molar-refractivity contribution in [1.82, 2.24) is 4.90 Å². The van der Waals surface area contributed by atoms with E-state index in [0.717, 1.165) is 10.0 Å². The van der Waals surface area contributed by atoms with Crippen LogP contribution in [0.2, 0.25) is 0 Å². The number of anilines is 1. The standard InChI is InChI=1S/C15H19BrN2O3/c1-3-15(13(19)20)4-5-18(9-15)14(21)17-12-7-10(2)6-11(16)8-12/h6-8H,3-5,9H2,1-2H3,(H,17,21)(H,19,20). The van der Waals surface area contributed by atoms with Crippen molar-refractivity contribution in [2.45, 2.75) is 26.7 Å². The van der Waals surface area contributed by atoms with Gasteiger partial charge in [0.15, 0.2) is 0 Å². The molecule has 21 heavy (non-hydrogen) atoms. The second-order valence-corrected chi connectivity index (χ2v) is 6.47. The average molecular weight is 355 g/mol. The summed E-state index contributed by atoms with van der Waals surface area (Å²) in [6, 6.07) is 5.41. The first-order valence-corrected chi connectivity index (χ1v) is 7.72. The van der Waals surface area contributed by atoms with E-state index >= 15 is 0 Å². The van der Waals surface area contributed by atoms with Crippen molar-refractivity contribution in [1.29, 1.82) is 0 Å². The van der Waals surface area contributed by atoms with Crippen LogP contribution in [0.15, 0.2) is 22.7 Å². The third-order valence-electron chi connectivity index (χ3n) is 4.06. The summed E-state index contributed by atoms with van der Waals surface area (Å²) in [5.41, 5.74) is 0.940. The van der Waals surface area contributed by atoms with Crippen LogP contribution in [-0.2, 0) is 4.79 Å². The van der Waals surface area contributed by atoms with Crippen molar-refractivity contribution in [3.05, 3.63) is 28.2 Å². The molecule has 0 spiro atoms. The molecule has 1 heterocycles. The summed E-state index contributed by atoms with van der Waals surface area (Å²) in [6.07, 6.45) is 1.03. The SMILES string of the molecule is CCC1(C(=O)O)CCN(C(=O)Nc2cc(C)cc(Br)c2)C1. The molecular formula is C15H19BrN2O3. The van der Waals surface area contributed by atoms with E-state index in [4.69, 9.17) is 0 Å². The second-order valence-electron chi connectivity index (χ2n) is 5.56. The Labute approximate surface area is 132 Å². The number of carbonyl (C=O) groups excluding carboxylic acids is 1. The molecule has 0 aliphatic carbocycles. The summed E-state index contributed by atoms with van der Waals surface area (Å²) in [4.78, 5) is 25.3. The van der Waals surface area contributed by atoms with Gasteiger partial charge in [-0.1, -0.05) is 22.9 Å². The van der Waals surface area contributed by atoms with Gasteiger partial charge in [0.1, 0.15) is 0 Å². The van der Waals surface area contributed by atoms with Gasteiger partial charge in [0.25, 0.3) is 0 Å². The number of carbonyl (C=O) groups is 2. The van der Waals surface area contributed by atoms with Gasteiger partial charge >= 0.3 is 12.0 Å². The smallest absolute Gasteiger partial charge is 0.321 e. The maximum absolute atomic E-state index is 12.3. The first-order chi connectivity index (χ1) is 9.86. The molecule has 6 heteroatoms. The van der Waals surface area contributed by atoms with E-state index in [2.05, 4.69) is 21.2 Å². The van der Waals surface area contributed by atoms with Crippen LogP contribution in [0, 0.1) is 12.3 Å². The van der Waals surface area contributed by atoms with E-state index in [-0.39, 0.29) is 12.6 Å². The Hall–Kier alpha value is -1.56. The van der Waals surface area contributed by atoms with Gasteiger partial charge in [0, 0.05) is 23.2 Å². The molecule has 2 rings (SSSR count). The molecule has 1 atom stereocenters. The van der Waals surface area contributed by atoms with Crippen LogP contribution >= 0.6 is 15.9 Å². The highest BCUT2D eigenvalue weighted by Crippen LogP contribution is 2.34. The van der Waals surface area contributed by atoms with Crippen LogP contribution < -0.4 is 5.32 Å². The molecule has 1 aliphatic rings. The average Bonchev–Trinajstić information content (AvgIpc) is 2.83. The summed E-state index contributed by atoms with van der Waals surface area (Å²) in [6.45, 7) is 4.53. The molecule has 0 bridgehead atoms. The first kappa shape index (κ1) is 15.8. The molecule has 1 saturated heterocycles. The Morgan fingerprint density at radius 3 is 2.67 bits per heavy atom. The zero-order valence-corrected chi connectivity index (χ0v) is 13.7. The lowest BCUT2D eigenvalue weighted by molar-refractivity contribution is -0.148. The predicted octanol–water partition coefficient (Wildman–Crippen LogP) is 3.48. The number of carboxylic acid groups (broad SMARTS) is 1. The van der Waals surface area contributed by atoms with Crippen molar-refractivity contribution in [3.8, 4) is 0 Å². The Balaban J connectivity index is 2.07. The number of nitrogens with one attached hydrogen (secondary N) is 1. The van der Waals surface area contributed by atoms with Crippen molar-refractivity contribution < 1.29 is 14.7 Å². The molecule has 0 saturated carbocycles. The fourth-order valence-electron chi connectivity index (χ4n) is 2.67. The Morgan fingerprint density at radius 1 is 1.43 bits per heavy atom. The number of halogens is 1. The molecule has 0 aromatic heterocycles. The van der Waals surface area contributed by atoms with Gasteiger partial charge in [0.05, 0.1) is 5.41 Å². The highest BCUT2D eigenvalue weighted by Gasteiger charge is 2.44. The fraction of sp³-hybridized carbons (Fsp3) is 0.467. The van der Waals surface area contributed by atoms with Gasteiger partial charge in [0.2, 0.25) is 0 Å². The molecule has 1 aromatic rings. The van der Waals surface area contributed by atoms with E-state index in [1.807, 2.05) is 32.0 Å². The van der Waals surface area contributed by atoms with Crippen molar-refractivity contribution in [2.75, 3.05) is 18.4 Å². The molecule has 1 fully saturated rings. The normalized spacial score (nSPS) is 21.4. The maximum atomic E-state index is 12.3. The van der Waals surface area contributed by atoms with Crippen LogP contribution in [0.1, 0.15) is 25.3 Å². The predicted molar refractivity (Wildman–Crippen MR) is 84.4 cm³/mol. The van der Waals surface area contributed by atoms with E-state index in [1.54, 1.807) is 4.90 Å². The molecule has 5 nitrogen and oxygen atoms in total. The zero-order chi connectivity index (χ0) is 15.6. The first-order valence-electron chi connectivity index (χ1n) is 6.93. The number of rotatable bonds is 3. The van der Waals surface area contributed by atoms with Crippen LogP contribution in [0.5, 0.6) is 0 Å². The maximum Gasteiger partial charge on any atom is 0.321 e. The van der Waals surface area contributed by atoms with Gasteiger partial charge in [-0.15, -0.1) is 0 Å². The third-order valence-corrected chi connectivity index (χ3v) is 4.52. The van der Waals surface area contributed by atoms with E-state index in [1.165, 1.54) is 0 Å². The Morgan fingerprint density at radius 2 is 2.14 bits per heavy atom. The number of nitrogens with zero attached hydrogens (tertiary/aromatic N) is 1. The lowest BCUT2D eigenvalue weighted by Gasteiger charge is -2.23. The van der Waals surface area contributed by atoms with Gasteiger partial charge in [-0.2, -0.15) is 0 Å². The molecule has 1 aliphatic heterocycles. The Bertz CT molecular complexity index is 556. The van der Waals surface area contributed by atoms with Crippen molar-refractivity contribution >= 4 is 33.6 Å². The molecule has 0 radical (unpaired) electrons. The number of aryl methyl sites for hydroxylation is 1. The summed E-state index contributed by atoms with van der Waals surface area (Å²) in [5, 5.41) is 12.2. The minimum Gasteiger partial charge on any atom is -0.481 e. The largest absolute Gasteiger partial charge is 0.481 e. The third kappa shape index (κ3) is 3.37. The number of benzene rings is 1. The highest BCUT2D eigenvalue weighted by atomic mass is 79.9. The summed E-state index contributed by atoms with van der Waals surface area (Å²) >= 11 is 3.39. The monoisotopic (exact) mass is 354 g/mol. The van der Waals surface area contributed by atoms with E-state index in [0.29, 0.717) is 25.1 Å². The minimum atomic E-state index is -0.821. The molecular weight excluding hydrogens is 336 g/mol. The van der Waals surface area contributed by atoms with Crippen LogP contribution in [-0.4, -0.2) is 35.1 Å². The van der Waals surface area contributed by atoms with Gasteiger partial charge in [-0.3, -0.25) is 4.79 Å². The summed E-state index contributed by atoms with van der Waals surface area (Å²) in [7, 11) is 0. The lowest BCUT2D eigenvalue weighted by Crippen LogP contribution is -2.38. The number of amides is 2. The quantitative estimate of drug-likeness (QED) is 0.872. The number of carboxylic acids is 1.